The van der Waals surface area contributed by atoms with Crippen molar-refractivity contribution >= 4 is 32.2 Å². The number of halogens is 2. The lowest BCUT2D eigenvalue weighted by atomic mass is 10.1. The Labute approximate surface area is 165 Å². The highest BCUT2D eigenvalue weighted by atomic mass is 32.2. The van der Waals surface area contributed by atoms with E-state index in [2.05, 4.69) is 17.2 Å². The maximum Gasteiger partial charge on any atom is 0.341 e. The molecule has 146 valence electrons. The second kappa shape index (κ2) is 8.15. The van der Waals surface area contributed by atoms with Crippen molar-refractivity contribution in [3.63, 3.8) is 0 Å². The van der Waals surface area contributed by atoms with Crippen molar-refractivity contribution in [2.45, 2.75) is 24.0 Å². The van der Waals surface area contributed by atoms with Crippen LogP contribution in [0.3, 0.4) is 0 Å². The molecule has 0 unspecified atom stereocenters. The van der Waals surface area contributed by atoms with Gasteiger partial charge >= 0.3 is 5.76 Å². The van der Waals surface area contributed by atoms with Gasteiger partial charge in [0.1, 0.15) is 0 Å². The molecule has 3 rings (SSSR count). The minimum absolute atomic E-state index is 0.136. The highest BCUT2D eigenvalue weighted by Gasteiger charge is 2.26. The third kappa shape index (κ3) is 4.26. The van der Waals surface area contributed by atoms with Gasteiger partial charge in [-0.1, -0.05) is 31.2 Å². The van der Waals surface area contributed by atoms with Crippen LogP contribution in [0, 0.1) is 0 Å². The van der Waals surface area contributed by atoms with E-state index in [1.165, 1.54) is 29.0 Å². The Morgan fingerprint density at radius 3 is 2.32 bits per heavy atom. The van der Waals surface area contributed by atoms with Crippen LogP contribution < -0.4 is 5.32 Å². The lowest BCUT2D eigenvalue weighted by Gasteiger charge is -2.05. The number of anilines is 1. The molecule has 0 spiro atoms. The van der Waals surface area contributed by atoms with Crippen LogP contribution >= 0.6 is 11.3 Å². The van der Waals surface area contributed by atoms with Gasteiger partial charge in [-0.3, -0.25) is 10.1 Å². The molecule has 0 saturated heterocycles. The van der Waals surface area contributed by atoms with Gasteiger partial charge in [0.05, 0.1) is 10.6 Å². The molecule has 1 amide bonds. The molecule has 5 nitrogen and oxygen atoms in total. The number of carbonyl (C=O) groups is 1. The second-order valence-electron chi connectivity index (χ2n) is 5.87. The first-order valence-corrected chi connectivity index (χ1v) is 10.7. The lowest BCUT2D eigenvalue weighted by Crippen LogP contribution is -2.14. The number of hydrogen-bond donors (Lipinski definition) is 1. The number of alkyl halides is 2. The summed E-state index contributed by atoms with van der Waals surface area (Å²) in [7, 11) is -4.69. The monoisotopic (exact) mass is 422 g/mol. The maximum absolute atomic E-state index is 12.6. The minimum atomic E-state index is -4.69. The number of carbonyl (C=O) groups excluding carboxylic acids is 1. The SMILES string of the molecule is CCc1ccc(-c2csc(NC(=O)c3ccc(S(=O)(=O)C(F)F)cc3)n2)cc1. The first-order valence-electron chi connectivity index (χ1n) is 8.29. The van der Waals surface area contributed by atoms with Crippen LogP contribution in [0.15, 0.2) is 58.8 Å². The molecule has 0 aliphatic carbocycles. The van der Waals surface area contributed by atoms with Crippen molar-refractivity contribution in [1.29, 1.82) is 0 Å². The molecule has 0 aliphatic heterocycles. The Morgan fingerprint density at radius 2 is 1.75 bits per heavy atom. The molecule has 3 aromatic rings. The van der Waals surface area contributed by atoms with Crippen LogP contribution in [0.1, 0.15) is 22.8 Å². The topological polar surface area (TPSA) is 76.1 Å². The predicted octanol–water partition coefficient (Wildman–Crippen LogP) is 4.62. The summed E-state index contributed by atoms with van der Waals surface area (Å²) in [5, 5.41) is 4.82. The summed E-state index contributed by atoms with van der Waals surface area (Å²) in [6, 6.07) is 12.3. The number of hydrogen-bond acceptors (Lipinski definition) is 5. The van der Waals surface area contributed by atoms with Gasteiger partial charge in [0.15, 0.2) is 5.13 Å². The summed E-state index contributed by atoms with van der Waals surface area (Å²) in [4.78, 5) is 16.1. The van der Waals surface area contributed by atoms with Crippen LogP contribution in [0.4, 0.5) is 13.9 Å². The molecule has 28 heavy (non-hydrogen) atoms. The summed E-state index contributed by atoms with van der Waals surface area (Å²) in [5.41, 5.74) is 3.00. The normalized spacial score (nSPS) is 11.6. The van der Waals surface area contributed by atoms with Crippen LogP contribution in [0.25, 0.3) is 11.3 Å². The van der Waals surface area contributed by atoms with Crippen molar-refractivity contribution in [1.82, 2.24) is 4.98 Å². The highest BCUT2D eigenvalue weighted by Crippen LogP contribution is 2.26. The molecule has 0 saturated carbocycles. The molecule has 1 heterocycles. The van der Waals surface area contributed by atoms with E-state index in [1.807, 2.05) is 29.6 Å². The van der Waals surface area contributed by atoms with Crippen molar-refractivity contribution in [2.24, 2.45) is 0 Å². The molecule has 1 N–H and O–H groups in total. The summed E-state index contributed by atoms with van der Waals surface area (Å²) in [6.45, 7) is 2.07. The molecular formula is C19H16F2N2O3S2. The van der Waals surface area contributed by atoms with E-state index in [9.17, 15) is 22.0 Å². The molecular weight excluding hydrogens is 406 g/mol. The van der Waals surface area contributed by atoms with Crippen molar-refractivity contribution in [3.05, 3.63) is 65.0 Å². The molecule has 0 atom stereocenters. The first-order chi connectivity index (χ1) is 13.3. The molecule has 0 radical (unpaired) electrons. The lowest BCUT2D eigenvalue weighted by molar-refractivity contribution is 0.102. The number of rotatable bonds is 6. The Hall–Kier alpha value is -2.65. The largest absolute Gasteiger partial charge is 0.341 e. The van der Waals surface area contributed by atoms with Crippen molar-refractivity contribution in [2.75, 3.05) is 5.32 Å². The zero-order chi connectivity index (χ0) is 20.3. The van der Waals surface area contributed by atoms with Gasteiger partial charge in [-0.2, -0.15) is 8.78 Å². The number of aromatic nitrogens is 1. The fourth-order valence-corrected chi connectivity index (χ4v) is 3.88. The molecule has 0 fully saturated rings. The summed E-state index contributed by atoms with van der Waals surface area (Å²) < 4.78 is 48.0. The zero-order valence-corrected chi connectivity index (χ0v) is 16.4. The third-order valence-electron chi connectivity index (χ3n) is 4.06. The van der Waals surface area contributed by atoms with Crippen molar-refractivity contribution in [3.8, 4) is 11.3 Å². The van der Waals surface area contributed by atoms with E-state index in [0.29, 0.717) is 5.13 Å². The fraction of sp³-hybridized carbons (Fsp3) is 0.158. The number of nitrogens with one attached hydrogen (secondary N) is 1. The average Bonchev–Trinajstić information content (AvgIpc) is 3.16. The predicted molar refractivity (Wildman–Crippen MR) is 105 cm³/mol. The van der Waals surface area contributed by atoms with Crippen LogP contribution in [0.5, 0.6) is 0 Å². The van der Waals surface area contributed by atoms with Crippen LogP contribution in [0.2, 0.25) is 0 Å². The molecule has 2 aromatic carbocycles. The van der Waals surface area contributed by atoms with Gasteiger partial charge in [0.25, 0.3) is 5.91 Å². The van der Waals surface area contributed by atoms with E-state index in [4.69, 9.17) is 0 Å². The molecule has 1 aromatic heterocycles. The quantitative estimate of drug-likeness (QED) is 0.629. The second-order valence-corrected chi connectivity index (χ2v) is 8.65. The maximum atomic E-state index is 12.6. The molecule has 9 heteroatoms. The standard InChI is InChI=1S/C19H16F2N2O3S2/c1-2-12-3-5-13(6-4-12)16-11-27-19(22-16)23-17(24)14-7-9-15(10-8-14)28(25,26)18(20)21/h3-11,18H,2H2,1H3,(H,22,23,24). The fourth-order valence-electron chi connectivity index (χ4n) is 2.44. The van der Waals surface area contributed by atoms with Gasteiger partial charge in [0.2, 0.25) is 9.84 Å². The smallest absolute Gasteiger partial charge is 0.298 e. The number of benzene rings is 2. The minimum Gasteiger partial charge on any atom is -0.298 e. The zero-order valence-electron chi connectivity index (χ0n) is 14.7. The van der Waals surface area contributed by atoms with Gasteiger partial charge in [-0.25, -0.2) is 13.4 Å². The van der Waals surface area contributed by atoms with E-state index >= 15 is 0 Å². The molecule has 0 bridgehead atoms. The van der Waals surface area contributed by atoms with E-state index in [-0.39, 0.29) is 5.56 Å². The first kappa shape index (κ1) is 20.1. The Bertz CT molecular complexity index is 1080. The number of nitrogens with zero attached hydrogens (tertiary/aromatic N) is 1. The number of aryl methyl sites for hydroxylation is 1. The molecule has 0 aliphatic rings. The summed E-state index contributed by atoms with van der Waals surface area (Å²) in [5.74, 6) is -4.02. The van der Waals surface area contributed by atoms with Gasteiger partial charge < -0.3 is 0 Å². The summed E-state index contributed by atoms with van der Waals surface area (Å²) in [6.07, 6.45) is 0.941. The van der Waals surface area contributed by atoms with E-state index in [0.717, 1.165) is 29.8 Å². The van der Waals surface area contributed by atoms with Crippen molar-refractivity contribution < 1.29 is 22.0 Å². The number of thiazole rings is 1. The third-order valence-corrected chi connectivity index (χ3v) is 6.22. The van der Waals surface area contributed by atoms with Gasteiger partial charge in [0, 0.05) is 16.5 Å². The number of sulfone groups is 1. The average molecular weight is 422 g/mol. The Morgan fingerprint density at radius 1 is 1.11 bits per heavy atom. The van der Waals surface area contributed by atoms with Gasteiger partial charge in [-0.15, -0.1) is 11.3 Å². The Kier molecular flexibility index (Phi) is 5.85. The van der Waals surface area contributed by atoms with E-state index in [1.54, 1.807) is 0 Å². The van der Waals surface area contributed by atoms with Crippen LogP contribution in [-0.2, 0) is 16.3 Å². The van der Waals surface area contributed by atoms with E-state index < -0.39 is 26.4 Å². The Balaban J connectivity index is 1.72. The summed E-state index contributed by atoms with van der Waals surface area (Å²) >= 11 is 1.25. The van der Waals surface area contributed by atoms with Gasteiger partial charge in [-0.05, 0) is 36.2 Å². The highest BCUT2D eigenvalue weighted by molar-refractivity contribution is 7.91. The van der Waals surface area contributed by atoms with Crippen LogP contribution in [-0.4, -0.2) is 25.1 Å². The number of amides is 1.